The number of aliphatic carboxylic acids is 2. The smallest absolute Gasteiger partial charge is 0.550 e. The maximum Gasteiger partial charge on any atom is 2.00 e. The molecule has 74 heavy (non-hydrogen) atoms. The molecule has 3 aliphatic rings. The molecule has 428 valence electrons. The Hall–Kier alpha value is -1.88. The van der Waals surface area contributed by atoms with Crippen LogP contribution in [-0.4, -0.2) is 70.8 Å². The van der Waals surface area contributed by atoms with E-state index < -0.39 is 17.9 Å². The van der Waals surface area contributed by atoms with E-state index in [9.17, 15) is 34.2 Å². The third kappa shape index (κ3) is 45.2. The van der Waals surface area contributed by atoms with Gasteiger partial charge in [-0.15, -0.1) is 0 Å². The molecule has 0 aromatic heterocycles. The summed E-state index contributed by atoms with van der Waals surface area (Å²) < 4.78 is 0. The van der Waals surface area contributed by atoms with E-state index in [1.165, 1.54) is 167 Å². The van der Waals surface area contributed by atoms with E-state index in [2.05, 4.69) is 50.6 Å². The topological polar surface area (TPSA) is 168 Å². The van der Waals surface area contributed by atoms with Crippen LogP contribution in [0.25, 0.3) is 0 Å². The van der Waals surface area contributed by atoms with Crippen molar-refractivity contribution in [2.24, 2.45) is 23.7 Å². The monoisotopic (exact) mass is 1050 g/mol. The molecule has 0 unspecified atom stereocenters. The summed E-state index contributed by atoms with van der Waals surface area (Å²) in [6.07, 6.45) is 52.7. The van der Waals surface area contributed by atoms with Crippen LogP contribution in [0, 0.1) is 23.7 Å². The predicted molar refractivity (Wildman–Crippen MR) is 306 cm³/mol. The average Bonchev–Trinajstić information content (AvgIpc) is 3.36. The first kappa shape index (κ1) is 72.1. The van der Waals surface area contributed by atoms with Crippen LogP contribution in [0.2, 0.25) is 0 Å². The molecule has 3 aliphatic carbocycles. The molecular weight excluding hydrogens is 935 g/mol. The number of unbranched alkanes of at least 4 members (excludes halogenated alkanes) is 28. The van der Waals surface area contributed by atoms with Gasteiger partial charge in [0.25, 0.3) is 0 Å². The zero-order chi connectivity index (χ0) is 53.6. The molecule has 0 radical (unpaired) electrons. The summed E-state index contributed by atoms with van der Waals surface area (Å²) in [5.74, 6) is -0.565. The fourth-order valence-corrected chi connectivity index (χ4v) is 11.1. The summed E-state index contributed by atoms with van der Waals surface area (Å²) in [7, 11) is 0. The number of carbonyl (C=O) groups excluding carboxylic acids is 5. The Kier molecular flexibility index (Phi) is 49.3. The van der Waals surface area contributed by atoms with Gasteiger partial charge in [0.15, 0.2) is 0 Å². The number of hydrogen-bond donors (Lipinski definition) is 3. The number of carboxylic acids is 2. The predicted octanol–water partition coefficient (Wildman–Crippen LogP) is 14.1. The van der Waals surface area contributed by atoms with E-state index in [0.29, 0.717) is 5.92 Å². The number of carboxylic acid groups (broad SMARTS) is 2. The standard InChI is InChI=1S/C27H47N3O3.2C18H36O2.Mg/c1-18-4-10-22(11-5-18)28-25(31)16-21(27(33)30-24-14-8-20(3)9-15-24)17-26(32)29-23-12-6-19(2)7-13-23;2*1-2-3-4-5-6-7-8-9-10-11-12-13-14-15-16-17-18(19)20;/h18-24H,4-17H2,1-3H3,(H,28,31)(H,29,32)(H,30,33);2*2-17H2,1H3,(H,19,20);/q;;;+2/p-2. The van der Waals surface area contributed by atoms with E-state index in [0.717, 1.165) is 115 Å². The van der Waals surface area contributed by atoms with Gasteiger partial charge in [0, 0.05) is 42.9 Å². The Balaban J connectivity index is 0.00000114. The molecular formula is C63H117MgN3O7. The Morgan fingerprint density at radius 1 is 0.351 bits per heavy atom. The Morgan fingerprint density at radius 2 is 0.568 bits per heavy atom. The van der Waals surface area contributed by atoms with Crippen molar-refractivity contribution in [1.82, 2.24) is 16.0 Å². The first-order valence-corrected chi connectivity index (χ1v) is 31.6. The van der Waals surface area contributed by atoms with Crippen molar-refractivity contribution in [1.29, 1.82) is 0 Å². The molecule has 3 amide bonds. The second-order valence-electron chi connectivity index (χ2n) is 23.8. The maximum absolute atomic E-state index is 13.2. The van der Waals surface area contributed by atoms with Crippen molar-refractivity contribution in [2.45, 2.75) is 348 Å². The molecule has 0 spiro atoms. The largest absolute Gasteiger partial charge is 2.00 e. The SMILES string of the molecule is CC1CCC(NC(=O)CC(CC(=O)NC2CCC(C)CC2)C(=O)NC2CCC(C)CC2)CC1.CCCCCCCCCCCCCCCCCC(=O)[O-].CCCCCCCCCCCCCCCCCC(=O)[O-].[Mg+2]. The molecule has 3 N–H and O–H groups in total. The van der Waals surface area contributed by atoms with Gasteiger partial charge in [-0.1, -0.05) is 214 Å². The molecule has 3 fully saturated rings. The first-order valence-electron chi connectivity index (χ1n) is 31.6. The molecule has 0 atom stereocenters. The molecule has 3 saturated carbocycles. The van der Waals surface area contributed by atoms with Crippen molar-refractivity contribution in [3.05, 3.63) is 0 Å². The second-order valence-corrected chi connectivity index (χ2v) is 23.8. The van der Waals surface area contributed by atoms with Crippen LogP contribution in [0.1, 0.15) is 330 Å². The molecule has 0 aliphatic heterocycles. The molecule has 0 saturated heterocycles. The summed E-state index contributed by atoms with van der Waals surface area (Å²) in [6, 6.07) is 0.576. The minimum absolute atomic E-state index is 0. The van der Waals surface area contributed by atoms with Crippen LogP contribution in [0.15, 0.2) is 0 Å². The summed E-state index contributed by atoms with van der Waals surface area (Å²) in [5.41, 5.74) is 0. The van der Waals surface area contributed by atoms with E-state index >= 15 is 0 Å². The van der Waals surface area contributed by atoms with Crippen molar-refractivity contribution >= 4 is 52.7 Å². The number of carbonyl (C=O) groups is 5. The maximum atomic E-state index is 13.2. The number of hydrogen-bond acceptors (Lipinski definition) is 7. The third-order valence-corrected chi connectivity index (χ3v) is 16.3. The van der Waals surface area contributed by atoms with Crippen LogP contribution < -0.4 is 26.2 Å². The second kappa shape index (κ2) is 50.6. The van der Waals surface area contributed by atoms with Gasteiger partial charge in [-0.2, -0.15) is 0 Å². The van der Waals surface area contributed by atoms with Gasteiger partial charge < -0.3 is 35.8 Å². The first-order chi connectivity index (χ1) is 35.3. The van der Waals surface area contributed by atoms with E-state index in [1.807, 2.05) is 0 Å². The zero-order valence-corrected chi connectivity index (χ0v) is 50.5. The van der Waals surface area contributed by atoms with Crippen molar-refractivity contribution in [3.63, 3.8) is 0 Å². The van der Waals surface area contributed by atoms with Crippen LogP contribution in [0.5, 0.6) is 0 Å². The van der Waals surface area contributed by atoms with Crippen LogP contribution in [0.3, 0.4) is 0 Å². The zero-order valence-electron chi connectivity index (χ0n) is 49.1. The van der Waals surface area contributed by atoms with Gasteiger partial charge >= 0.3 is 23.1 Å². The van der Waals surface area contributed by atoms with E-state index in [-0.39, 0.29) is 84.6 Å². The van der Waals surface area contributed by atoms with Gasteiger partial charge in [0.2, 0.25) is 17.7 Å². The summed E-state index contributed by atoms with van der Waals surface area (Å²) in [4.78, 5) is 59.3. The number of rotatable bonds is 40. The third-order valence-electron chi connectivity index (χ3n) is 16.3. The molecule has 11 heteroatoms. The van der Waals surface area contributed by atoms with Crippen molar-refractivity contribution < 1.29 is 34.2 Å². The molecule has 3 rings (SSSR count). The normalized spacial score (nSPS) is 20.8. The summed E-state index contributed by atoms with van der Waals surface area (Å²) in [6.45, 7) is 11.3. The Bertz CT molecular complexity index is 1260. The van der Waals surface area contributed by atoms with Crippen LogP contribution >= 0.6 is 0 Å². The summed E-state index contributed by atoms with van der Waals surface area (Å²) in [5, 5.41) is 29.9. The van der Waals surface area contributed by atoms with Crippen molar-refractivity contribution in [3.8, 4) is 0 Å². The number of amides is 3. The molecule has 10 nitrogen and oxygen atoms in total. The molecule has 0 bridgehead atoms. The van der Waals surface area contributed by atoms with E-state index in [1.54, 1.807) is 0 Å². The van der Waals surface area contributed by atoms with Gasteiger partial charge in [0.05, 0.1) is 5.92 Å². The van der Waals surface area contributed by atoms with Crippen LogP contribution in [-0.2, 0) is 24.0 Å². The minimum Gasteiger partial charge on any atom is -0.550 e. The van der Waals surface area contributed by atoms with Gasteiger partial charge in [0.1, 0.15) is 0 Å². The van der Waals surface area contributed by atoms with Crippen LogP contribution in [0.4, 0.5) is 0 Å². The molecule has 0 heterocycles. The quantitative estimate of drug-likeness (QED) is 0.0405. The van der Waals surface area contributed by atoms with Gasteiger partial charge in [-0.25, -0.2) is 0 Å². The van der Waals surface area contributed by atoms with E-state index in [4.69, 9.17) is 0 Å². The average molecular weight is 1050 g/mol. The Labute approximate surface area is 472 Å². The molecule has 0 aromatic carbocycles. The number of nitrogens with one attached hydrogen (secondary N) is 3. The fraction of sp³-hybridized carbons (Fsp3) is 0.921. The Morgan fingerprint density at radius 3 is 0.797 bits per heavy atom. The van der Waals surface area contributed by atoms with Gasteiger partial charge in [-0.05, 0) is 120 Å². The van der Waals surface area contributed by atoms with Gasteiger partial charge in [-0.3, -0.25) is 14.4 Å². The summed E-state index contributed by atoms with van der Waals surface area (Å²) >= 11 is 0. The minimum atomic E-state index is -0.903. The molecule has 0 aromatic rings. The van der Waals surface area contributed by atoms with Crippen molar-refractivity contribution in [2.75, 3.05) is 0 Å². The fourth-order valence-electron chi connectivity index (χ4n) is 11.1.